The molecule has 164 valence electrons. The Morgan fingerprint density at radius 2 is 1.90 bits per heavy atom. The Morgan fingerprint density at radius 3 is 2.52 bits per heavy atom. The lowest BCUT2D eigenvalue weighted by Gasteiger charge is -2.31. The van der Waals surface area contributed by atoms with E-state index in [1.807, 2.05) is 18.0 Å². The zero-order chi connectivity index (χ0) is 22.4. The predicted molar refractivity (Wildman–Crippen MR) is 127 cm³/mol. The summed E-state index contributed by atoms with van der Waals surface area (Å²) in [6, 6.07) is 6.69. The largest absolute Gasteiger partial charge is 0.354 e. The molecule has 1 aliphatic rings. The lowest BCUT2D eigenvalue weighted by atomic mass is 9.87. The summed E-state index contributed by atoms with van der Waals surface area (Å²) in [6.45, 7) is 9.59. The Labute approximate surface area is 188 Å². The number of rotatable bonds is 3. The molecule has 0 atom stereocenters. The number of aromatic nitrogens is 2. The Kier molecular flexibility index (Phi) is 5.73. The van der Waals surface area contributed by atoms with Crippen LogP contribution in [-0.2, 0) is 11.8 Å². The third kappa shape index (κ3) is 3.80. The van der Waals surface area contributed by atoms with Gasteiger partial charge >= 0.3 is 0 Å². The van der Waals surface area contributed by atoms with Gasteiger partial charge in [0.05, 0.1) is 5.69 Å². The van der Waals surface area contributed by atoms with Gasteiger partial charge < -0.3 is 14.5 Å². The summed E-state index contributed by atoms with van der Waals surface area (Å²) in [5.41, 5.74) is 6.29. The number of pyridine rings is 1. The number of benzene rings is 1. The van der Waals surface area contributed by atoms with E-state index in [-0.39, 0.29) is 16.5 Å². The summed E-state index contributed by atoms with van der Waals surface area (Å²) in [4.78, 5) is 29.4. The van der Waals surface area contributed by atoms with Crippen molar-refractivity contribution in [3.8, 4) is 11.3 Å². The van der Waals surface area contributed by atoms with E-state index in [1.165, 1.54) is 16.5 Å². The maximum absolute atomic E-state index is 12.2. The first-order chi connectivity index (χ1) is 14.7. The standard InChI is InChI=1S/C25H30ClN3O2/c1-14(2)22-19-12-18(17-8-10-29(11-9-17)16(4)30)6-7-21(19)27-24(22)20-13-28(5)25(31)23(26)15(20)3/h6-7,12-14,17,27H,8-11H2,1-5H3. The monoisotopic (exact) mass is 439 g/mol. The normalized spacial score (nSPS) is 15.3. The fraction of sp³-hybridized carbons (Fsp3) is 0.440. The van der Waals surface area contributed by atoms with E-state index in [1.54, 1.807) is 18.5 Å². The van der Waals surface area contributed by atoms with Crippen molar-refractivity contribution >= 4 is 28.4 Å². The molecular weight excluding hydrogens is 410 g/mol. The number of fused-ring (bicyclic) bond motifs is 1. The topological polar surface area (TPSA) is 58.1 Å². The second-order valence-electron chi connectivity index (χ2n) is 9.05. The summed E-state index contributed by atoms with van der Waals surface area (Å²) in [5, 5.41) is 1.49. The van der Waals surface area contributed by atoms with Crippen molar-refractivity contribution in [2.45, 2.75) is 52.4 Å². The van der Waals surface area contributed by atoms with Crippen LogP contribution in [0.2, 0.25) is 5.02 Å². The van der Waals surface area contributed by atoms with Crippen molar-refractivity contribution < 1.29 is 4.79 Å². The molecule has 2 aromatic heterocycles. The number of aryl methyl sites for hydroxylation is 1. The first-order valence-corrected chi connectivity index (χ1v) is 11.3. The Morgan fingerprint density at radius 1 is 1.23 bits per heavy atom. The first-order valence-electron chi connectivity index (χ1n) is 11.0. The third-order valence-electron chi connectivity index (χ3n) is 6.69. The second-order valence-corrected chi connectivity index (χ2v) is 9.43. The molecule has 1 saturated heterocycles. The molecule has 0 unspecified atom stereocenters. The summed E-state index contributed by atoms with van der Waals surface area (Å²) in [5.74, 6) is 0.929. The fourth-order valence-corrected chi connectivity index (χ4v) is 5.09. The van der Waals surface area contributed by atoms with Gasteiger partial charge in [0, 0.05) is 49.7 Å². The molecule has 1 aromatic carbocycles. The minimum Gasteiger partial charge on any atom is -0.354 e. The van der Waals surface area contributed by atoms with Gasteiger partial charge in [0.2, 0.25) is 5.91 Å². The molecule has 3 heterocycles. The number of nitrogens with one attached hydrogen (secondary N) is 1. The number of H-pyrrole nitrogens is 1. The fourth-order valence-electron chi connectivity index (χ4n) is 4.86. The van der Waals surface area contributed by atoms with E-state index in [9.17, 15) is 9.59 Å². The van der Waals surface area contributed by atoms with Gasteiger partial charge in [-0.05, 0) is 60.4 Å². The number of hydrogen-bond acceptors (Lipinski definition) is 2. The van der Waals surface area contributed by atoms with Crippen LogP contribution in [0.25, 0.3) is 22.2 Å². The minimum atomic E-state index is -0.177. The number of carbonyl (C=O) groups excluding carboxylic acids is 1. The van der Waals surface area contributed by atoms with Crippen molar-refractivity contribution in [1.29, 1.82) is 0 Å². The van der Waals surface area contributed by atoms with E-state index >= 15 is 0 Å². The molecule has 1 fully saturated rings. The Balaban J connectivity index is 1.81. The van der Waals surface area contributed by atoms with Crippen molar-refractivity contribution in [3.05, 3.63) is 56.5 Å². The van der Waals surface area contributed by atoms with Crippen LogP contribution in [0.1, 0.15) is 62.1 Å². The van der Waals surface area contributed by atoms with E-state index in [0.717, 1.165) is 48.3 Å². The lowest BCUT2D eigenvalue weighted by Crippen LogP contribution is -2.36. The van der Waals surface area contributed by atoms with Crippen molar-refractivity contribution in [2.75, 3.05) is 13.1 Å². The highest BCUT2D eigenvalue weighted by atomic mass is 35.5. The molecule has 4 rings (SSSR count). The van der Waals surface area contributed by atoms with E-state index in [2.05, 4.69) is 37.0 Å². The van der Waals surface area contributed by atoms with E-state index in [4.69, 9.17) is 11.6 Å². The van der Waals surface area contributed by atoms with Crippen molar-refractivity contribution in [3.63, 3.8) is 0 Å². The smallest absolute Gasteiger partial charge is 0.269 e. The quantitative estimate of drug-likeness (QED) is 0.598. The molecule has 1 N–H and O–H groups in total. The summed E-state index contributed by atoms with van der Waals surface area (Å²) < 4.78 is 1.55. The molecule has 31 heavy (non-hydrogen) atoms. The van der Waals surface area contributed by atoms with Gasteiger partial charge in [0.15, 0.2) is 0 Å². The zero-order valence-corrected chi connectivity index (χ0v) is 19.6. The summed E-state index contributed by atoms with van der Waals surface area (Å²) in [7, 11) is 1.74. The molecule has 0 bridgehead atoms. The number of aromatic amines is 1. The Bertz CT molecular complexity index is 1210. The average Bonchev–Trinajstić information content (AvgIpc) is 3.13. The zero-order valence-electron chi connectivity index (χ0n) is 18.9. The number of hydrogen-bond donors (Lipinski definition) is 1. The van der Waals surface area contributed by atoms with Gasteiger partial charge in [-0.1, -0.05) is 31.5 Å². The highest BCUT2D eigenvalue weighted by Gasteiger charge is 2.24. The number of likely N-dealkylation sites (tertiary alicyclic amines) is 1. The summed E-state index contributed by atoms with van der Waals surface area (Å²) >= 11 is 6.35. The van der Waals surface area contributed by atoms with Crippen LogP contribution >= 0.6 is 11.6 Å². The molecule has 1 aliphatic heterocycles. The molecule has 6 heteroatoms. The number of halogens is 1. The number of nitrogens with zero attached hydrogens (tertiary/aromatic N) is 2. The predicted octanol–water partition coefficient (Wildman–Crippen LogP) is 5.34. The highest BCUT2D eigenvalue weighted by molar-refractivity contribution is 6.31. The number of piperidine rings is 1. The molecule has 0 aliphatic carbocycles. The SMILES string of the molecule is CC(=O)N1CCC(c2ccc3[nH]c(-c4cn(C)c(=O)c(Cl)c4C)c(C(C)C)c3c2)CC1. The molecule has 5 nitrogen and oxygen atoms in total. The lowest BCUT2D eigenvalue weighted by molar-refractivity contribution is -0.129. The highest BCUT2D eigenvalue weighted by Crippen LogP contribution is 2.39. The molecule has 3 aromatic rings. The average molecular weight is 440 g/mol. The van der Waals surface area contributed by atoms with Crippen molar-refractivity contribution in [2.24, 2.45) is 7.05 Å². The van der Waals surface area contributed by atoms with Crippen LogP contribution in [0, 0.1) is 6.92 Å². The van der Waals surface area contributed by atoms with Crippen LogP contribution in [0.5, 0.6) is 0 Å². The van der Waals surface area contributed by atoms with Gasteiger partial charge in [-0.2, -0.15) is 0 Å². The van der Waals surface area contributed by atoms with Gasteiger partial charge in [-0.15, -0.1) is 0 Å². The molecule has 1 amide bonds. The second kappa shape index (κ2) is 8.19. The van der Waals surface area contributed by atoms with Gasteiger partial charge in [-0.25, -0.2) is 0 Å². The number of carbonyl (C=O) groups is 1. The molecule has 0 spiro atoms. The van der Waals surface area contributed by atoms with E-state index < -0.39 is 0 Å². The first kappa shape index (κ1) is 21.7. The molecule has 0 radical (unpaired) electrons. The van der Waals surface area contributed by atoms with E-state index in [0.29, 0.717) is 11.8 Å². The number of amides is 1. The van der Waals surface area contributed by atoms with Crippen LogP contribution in [0.4, 0.5) is 0 Å². The molecule has 0 saturated carbocycles. The van der Waals surface area contributed by atoms with Crippen LogP contribution in [0.3, 0.4) is 0 Å². The molecular formula is C25H30ClN3O2. The summed E-state index contributed by atoms with van der Waals surface area (Å²) in [6.07, 6.45) is 3.86. The Hall–Kier alpha value is -2.53. The van der Waals surface area contributed by atoms with Crippen LogP contribution in [-0.4, -0.2) is 33.4 Å². The third-order valence-corrected chi connectivity index (χ3v) is 7.13. The van der Waals surface area contributed by atoms with Crippen LogP contribution < -0.4 is 5.56 Å². The maximum Gasteiger partial charge on any atom is 0.269 e. The van der Waals surface area contributed by atoms with Crippen LogP contribution in [0.15, 0.2) is 29.2 Å². The van der Waals surface area contributed by atoms with Crippen molar-refractivity contribution in [1.82, 2.24) is 14.5 Å². The van der Waals surface area contributed by atoms with Gasteiger partial charge in [-0.3, -0.25) is 9.59 Å². The van der Waals surface area contributed by atoms with Gasteiger partial charge in [0.1, 0.15) is 5.02 Å². The minimum absolute atomic E-state index is 0.164. The maximum atomic E-state index is 12.2. The van der Waals surface area contributed by atoms with Gasteiger partial charge in [0.25, 0.3) is 5.56 Å².